The Labute approximate surface area is 294 Å². The topological polar surface area (TPSA) is 179 Å². The van der Waals surface area contributed by atoms with E-state index in [1.165, 1.54) is 7.11 Å². The lowest BCUT2D eigenvalue weighted by atomic mass is 9.91. The number of nitrogens with zero attached hydrogens (tertiary/aromatic N) is 1. The summed E-state index contributed by atoms with van der Waals surface area (Å²) in [5, 5.41) is 32.2. The van der Waals surface area contributed by atoms with Gasteiger partial charge in [0, 0.05) is 17.8 Å². The molecule has 3 rings (SSSR count). The molecule has 4 amide bonds. The Morgan fingerprint density at radius 3 is 1.88 bits per heavy atom. The van der Waals surface area contributed by atoms with Crippen LogP contribution < -0.4 is 21.3 Å². The highest BCUT2D eigenvalue weighted by Gasteiger charge is 2.33. The van der Waals surface area contributed by atoms with Crippen molar-refractivity contribution in [3.8, 4) is 11.3 Å². The molecule has 1 aromatic heterocycles. The van der Waals surface area contributed by atoms with Crippen LogP contribution in [0.5, 0.6) is 0 Å². The van der Waals surface area contributed by atoms with Crippen LogP contribution in [0.1, 0.15) is 58.1 Å². The quantitative estimate of drug-likeness (QED) is 0.111. The van der Waals surface area contributed by atoms with Gasteiger partial charge in [-0.15, -0.1) is 0 Å². The number of carbonyl (C=O) groups excluding carboxylic acids is 3. The first-order chi connectivity index (χ1) is 23.9. The van der Waals surface area contributed by atoms with Crippen molar-refractivity contribution in [2.24, 2.45) is 11.8 Å². The molecule has 7 atom stereocenters. The standard InChI is InChI=1S/C38H51N5O7/c1-6-24(3)33(42-37(47)48)36(46)41-31(22-26-13-9-8-10-14-26)32(44)23-29(40-35(45)34(25(4)7-2)43-38(49)50-5)21-27-16-18-28(19-17-27)30-15-11-12-20-39-30/h8-20,24-25,29,31-34,42,44H,6-7,21-23H2,1-5H3,(H,40,45)(H,41,46)(H,43,49)(H,47,48)/t24?,25?,29-,31-,32-,33-,34-/m0/s1. The van der Waals surface area contributed by atoms with Gasteiger partial charge in [-0.05, 0) is 54.4 Å². The second-order valence-electron chi connectivity index (χ2n) is 12.7. The number of aromatic nitrogens is 1. The molecule has 6 N–H and O–H groups in total. The smallest absolute Gasteiger partial charge is 0.407 e. The molecular formula is C38H51N5O7. The molecule has 0 spiro atoms. The summed E-state index contributed by atoms with van der Waals surface area (Å²) >= 11 is 0. The van der Waals surface area contributed by atoms with Gasteiger partial charge in [0.05, 0.1) is 24.9 Å². The maximum Gasteiger partial charge on any atom is 0.407 e. The van der Waals surface area contributed by atoms with Crippen molar-refractivity contribution in [3.63, 3.8) is 0 Å². The molecule has 0 radical (unpaired) electrons. The lowest BCUT2D eigenvalue weighted by molar-refractivity contribution is -0.127. The number of amides is 4. The summed E-state index contributed by atoms with van der Waals surface area (Å²) in [5.41, 5.74) is 3.48. The van der Waals surface area contributed by atoms with E-state index in [9.17, 15) is 29.4 Å². The molecule has 0 aliphatic rings. The molecule has 0 aliphatic heterocycles. The Morgan fingerprint density at radius 1 is 0.740 bits per heavy atom. The first-order valence-corrected chi connectivity index (χ1v) is 17.1. The van der Waals surface area contributed by atoms with E-state index in [-0.39, 0.29) is 24.7 Å². The van der Waals surface area contributed by atoms with E-state index in [4.69, 9.17) is 4.74 Å². The number of methoxy groups -OCH3 is 1. The van der Waals surface area contributed by atoms with E-state index in [0.717, 1.165) is 22.4 Å². The van der Waals surface area contributed by atoms with Crippen LogP contribution in [0.2, 0.25) is 0 Å². The van der Waals surface area contributed by atoms with Gasteiger partial charge in [-0.2, -0.15) is 0 Å². The number of ether oxygens (including phenoxy) is 1. The number of benzene rings is 2. The maximum absolute atomic E-state index is 13.8. The van der Waals surface area contributed by atoms with Crippen molar-refractivity contribution in [1.29, 1.82) is 0 Å². The fourth-order valence-corrected chi connectivity index (χ4v) is 5.72. The third-order valence-electron chi connectivity index (χ3n) is 9.09. The summed E-state index contributed by atoms with van der Waals surface area (Å²) in [6, 6.07) is 19.4. The number of rotatable bonds is 18. The molecule has 50 heavy (non-hydrogen) atoms. The van der Waals surface area contributed by atoms with Crippen molar-refractivity contribution < 1.29 is 34.1 Å². The number of alkyl carbamates (subject to hydrolysis) is 1. The molecule has 2 aromatic carbocycles. The fraction of sp³-hybridized carbons (Fsp3) is 0.447. The molecule has 12 heteroatoms. The number of aliphatic hydroxyl groups is 1. The molecule has 3 aromatic rings. The Balaban J connectivity index is 1.93. The predicted octanol–water partition coefficient (Wildman–Crippen LogP) is 4.71. The van der Waals surface area contributed by atoms with Gasteiger partial charge in [0.15, 0.2) is 0 Å². The van der Waals surface area contributed by atoms with E-state index >= 15 is 0 Å². The van der Waals surface area contributed by atoms with Gasteiger partial charge in [0.2, 0.25) is 11.8 Å². The molecule has 0 aliphatic carbocycles. The fourth-order valence-electron chi connectivity index (χ4n) is 5.72. The maximum atomic E-state index is 13.8. The van der Waals surface area contributed by atoms with Crippen LogP contribution >= 0.6 is 0 Å². The zero-order valence-corrected chi connectivity index (χ0v) is 29.5. The second kappa shape index (κ2) is 19.9. The SMILES string of the molecule is CCC(C)[C@H](NC(=O)O)C(=O)N[C@@H](Cc1ccccc1)[C@@H](O)C[C@H](Cc1ccc(-c2ccccn2)cc1)NC(=O)[C@@H](NC(=O)OC)C(C)CC. The minimum absolute atomic E-state index is 0.0390. The second-order valence-corrected chi connectivity index (χ2v) is 12.7. The van der Waals surface area contributed by atoms with E-state index < -0.39 is 54.3 Å². The van der Waals surface area contributed by atoms with Gasteiger partial charge in [-0.25, -0.2) is 9.59 Å². The highest BCUT2D eigenvalue weighted by molar-refractivity contribution is 5.86. The minimum Gasteiger partial charge on any atom is -0.465 e. The highest BCUT2D eigenvalue weighted by atomic mass is 16.5. The zero-order valence-electron chi connectivity index (χ0n) is 29.5. The summed E-state index contributed by atoms with van der Waals surface area (Å²) in [6.45, 7) is 7.41. The third kappa shape index (κ3) is 12.2. The Morgan fingerprint density at radius 2 is 1.32 bits per heavy atom. The first kappa shape index (κ1) is 39.5. The molecular weight excluding hydrogens is 638 g/mol. The average molecular weight is 690 g/mol. The summed E-state index contributed by atoms with van der Waals surface area (Å²) in [6.07, 6.45) is 0.298. The first-order valence-electron chi connectivity index (χ1n) is 17.1. The number of nitrogens with one attached hydrogen (secondary N) is 4. The molecule has 0 fully saturated rings. The summed E-state index contributed by atoms with van der Waals surface area (Å²) in [7, 11) is 1.23. The largest absolute Gasteiger partial charge is 0.465 e. The average Bonchev–Trinajstić information content (AvgIpc) is 3.12. The molecule has 270 valence electrons. The third-order valence-corrected chi connectivity index (χ3v) is 9.09. The minimum atomic E-state index is -1.32. The van der Waals surface area contributed by atoms with Crippen LogP contribution in [0.4, 0.5) is 9.59 Å². The highest BCUT2D eigenvalue weighted by Crippen LogP contribution is 2.20. The Hall–Kier alpha value is -4.97. The molecule has 0 saturated carbocycles. The normalized spacial score (nSPS) is 15.2. The Kier molecular flexibility index (Phi) is 15.7. The van der Waals surface area contributed by atoms with E-state index in [2.05, 4.69) is 26.3 Å². The molecule has 0 bridgehead atoms. The monoisotopic (exact) mass is 689 g/mol. The number of aliphatic hydroxyl groups excluding tert-OH is 1. The van der Waals surface area contributed by atoms with E-state index in [1.54, 1.807) is 13.1 Å². The van der Waals surface area contributed by atoms with Crippen molar-refractivity contribution in [1.82, 2.24) is 26.3 Å². The summed E-state index contributed by atoms with van der Waals surface area (Å²) < 4.78 is 4.77. The summed E-state index contributed by atoms with van der Waals surface area (Å²) in [5.74, 6) is -1.51. The van der Waals surface area contributed by atoms with Crippen LogP contribution in [-0.4, -0.2) is 76.6 Å². The van der Waals surface area contributed by atoms with Gasteiger partial charge in [-0.1, -0.05) is 101 Å². The predicted molar refractivity (Wildman–Crippen MR) is 191 cm³/mol. The van der Waals surface area contributed by atoms with Crippen LogP contribution in [0.25, 0.3) is 11.3 Å². The number of hydrogen-bond donors (Lipinski definition) is 6. The lowest BCUT2D eigenvalue weighted by Gasteiger charge is -2.32. The zero-order chi connectivity index (χ0) is 36.6. The van der Waals surface area contributed by atoms with Crippen molar-refractivity contribution in [2.75, 3.05) is 7.11 Å². The van der Waals surface area contributed by atoms with Crippen LogP contribution in [0.15, 0.2) is 79.0 Å². The van der Waals surface area contributed by atoms with Gasteiger partial charge in [0.1, 0.15) is 12.1 Å². The van der Waals surface area contributed by atoms with Crippen molar-refractivity contribution in [2.45, 2.75) is 90.1 Å². The van der Waals surface area contributed by atoms with Crippen molar-refractivity contribution >= 4 is 24.0 Å². The number of carboxylic acid groups (broad SMARTS) is 1. The van der Waals surface area contributed by atoms with Crippen LogP contribution in [-0.2, 0) is 27.2 Å². The van der Waals surface area contributed by atoms with Gasteiger partial charge < -0.3 is 36.2 Å². The van der Waals surface area contributed by atoms with Crippen LogP contribution in [0, 0.1) is 11.8 Å². The lowest BCUT2D eigenvalue weighted by Crippen LogP contribution is -2.57. The number of carbonyl (C=O) groups is 4. The molecule has 1 heterocycles. The number of pyridine rings is 1. The van der Waals surface area contributed by atoms with E-state index in [1.807, 2.05) is 93.6 Å². The molecule has 12 nitrogen and oxygen atoms in total. The Bertz CT molecular complexity index is 1510. The van der Waals surface area contributed by atoms with Gasteiger partial charge >= 0.3 is 12.2 Å². The van der Waals surface area contributed by atoms with Gasteiger partial charge in [0.25, 0.3) is 0 Å². The van der Waals surface area contributed by atoms with Crippen molar-refractivity contribution in [3.05, 3.63) is 90.1 Å². The summed E-state index contributed by atoms with van der Waals surface area (Å²) in [4.78, 5) is 55.4. The molecule has 2 unspecified atom stereocenters. The van der Waals surface area contributed by atoms with E-state index in [0.29, 0.717) is 19.3 Å². The van der Waals surface area contributed by atoms with Crippen LogP contribution in [0.3, 0.4) is 0 Å². The number of hydrogen-bond acceptors (Lipinski definition) is 7. The molecule has 0 saturated heterocycles. The van der Waals surface area contributed by atoms with Gasteiger partial charge in [-0.3, -0.25) is 14.6 Å².